The largest absolute Gasteiger partial charge is 0.285 e. The number of ketones is 1. The lowest BCUT2D eigenvalue weighted by atomic mass is 9.81. The van der Waals surface area contributed by atoms with Crippen LogP contribution in [0.25, 0.3) is 0 Å². The van der Waals surface area contributed by atoms with Crippen molar-refractivity contribution >= 4 is 5.78 Å². The fraction of sp³-hybridized carbons (Fsp3) is 0.615. The monoisotopic (exact) mass is 192 g/mol. The summed E-state index contributed by atoms with van der Waals surface area (Å²) in [5.41, 5.74) is 1.16. The molecule has 0 aliphatic heterocycles. The molecule has 0 aromatic rings. The van der Waals surface area contributed by atoms with Crippen molar-refractivity contribution in [2.75, 3.05) is 0 Å². The summed E-state index contributed by atoms with van der Waals surface area (Å²) in [6, 6.07) is 0. The zero-order chi connectivity index (χ0) is 11.2. The van der Waals surface area contributed by atoms with Crippen molar-refractivity contribution < 1.29 is 4.79 Å². The SMILES string of the molecule is CCC=C(C#CC(C)=O)C(C)(C)CC. The van der Waals surface area contributed by atoms with Crippen LogP contribution in [-0.2, 0) is 4.79 Å². The van der Waals surface area contributed by atoms with Gasteiger partial charge in [-0.25, -0.2) is 0 Å². The van der Waals surface area contributed by atoms with Crippen molar-refractivity contribution in [3.63, 3.8) is 0 Å². The molecule has 0 fully saturated rings. The Hall–Kier alpha value is -1.03. The van der Waals surface area contributed by atoms with E-state index in [2.05, 4.69) is 45.6 Å². The van der Waals surface area contributed by atoms with E-state index >= 15 is 0 Å². The van der Waals surface area contributed by atoms with Crippen LogP contribution in [0.1, 0.15) is 47.5 Å². The lowest BCUT2D eigenvalue weighted by molar-refractivity contribution is -0.111. The number of carbonyl (C=O) groups excluding carboxylic acids is 1. The van der Waals surface area contributed by atoms with Crippen molar-refractivity contribution in [3.05, 3.63) is 11.6 Å². The van der Waals surface area contributed by atoms with E-state index in [4.69, 9.17) is 0 Å². The molecule has 14 heavy (non-hydrogen) atoms. The summed E-state index contributed by atoms with van der Waals surface area (Å²) in [5, 5.41) is 0. The van der Waals surface area contributed by atoms with E-state index in [9.17, 15) is 4.79 Å². The van der Waals surface area contributed by atoms with Gasteiger partial charge in [0.05, 0.1) is 0 Å². The number of hydrogen-bond donors (Lipinski definition) is 0. The number of allylic oxidation sites excluding steroid dienone is 2. The van der Waals surface area contributed by atoms with E-state index < -0.39 is 0 Å². The van der Waals surface area contributed by atoms with E-state index in [1.165, 1.54) is 6.92 Å². The highest BCUT2D eigenvalue weighted by atomic mass is 16.1. The van der Waals surface area contributed by atoms with E-state index in [1.807, 2.05) is 0 Å². The first-order valence-corrected chi connectivity index (χ1v) is 5.17. The van der Waals surface area contributed by atoms with Crippen LogP contribution in [0.2, 0.25) is 0 Å². The fourth-order valence-corrected chi connectivity index (χ4v) is 1.05. The molecule has 0 saturated carbocycles. The standard InChI is InChI=1S/C13H20O/c1-6-8-12(10-9-11(3)14)13(4,5)7-2/h8H,6-7H2,1-5H3. The van der Waals surface area contributed by atoms with Crippen LogP contribution in [0.15, 0.2) is 11.6 Å². The molecule has 0 spiro atoms. The Morgan fingerprint density at radius 1 is 1.29 bits per heavy atom. The highest BCUT2D eigenvalue weighted by Crippen LogP contribution is 2.29. The predicted octanol–water partition coefficient (Wildman–Crippen LogP) is 3.35. The van der Waals surface area contributed by atoms with E-state index in [0.29, 0.717) is 0 Å². The Kier molecular flexibility index (Phi) is 5.23. The van der Waals surface area contributed by atoms with Gasteiger partial charge in [0.25, 0.3) is 0 Å². The summed E-state index contributed by atoms with van der Waals surface area (Å²) in [7, 11) is 0. The van der Waals surface area contributed by atoms with Gasteiger partial charge in [0, 0.05) is 12.5 Å². The average Bonchev–Trinajstić information content (AvgIpc) is 2.11. The van der Waals surface area contributed by atoms with Crippen LogP contribution in [0.4, 0.5) is 0 Å². The van der Waals surface area contributed by atoms with Gasteiger partial charge in [-0.15, -0.1) is 0 Å². The Morgan fingerprint density at radius 3 is 2.21 bits per heavy atom. The molecule has 1 heteroatoms. The molecule has 78 valence electrons. The average molecular weight is 192 g/mol. The molecule has 1 nitrogen and oxygen atoms in total. The number of hydrogen-bond acceptors (Lipinski definition) is 1. The zero-order valence-corrected chi connectivity index (χ0v) is 9.90. The van der Waals surface area contributed by atoms with Crippen LogP contribution < -0.4 is 0 Å². The Balaban J connectivity index is 4.92. The van der Waals surface area contributed by atoms with Gasteiger partial charge in [0.15, 0.2) is 0 Å². The predicted molar refractivity (Wildman–Crippen MR) is 60.9 cm³/mol. The molecule has 0 atom stereocenters. The summed E-state index contributed by atoms with van der Waals surface area (Å²) in [5.74, 6) is 5.52. The molecular weight excluding hydrogens is 172 g/mol. The first kappa shape index (κ1) is 13.0. The van der Waals surface area contributed by atoms with Crippen molar-refractivity contribution in [2.45, 2.75) is 47.5 Å². The fourth-order valence-electron chi connectivity index (χ4n) is 1.05. The molecule has 0 rings (SSSR count). The molecule has 0 amide bonds. The van der Waals surface area contributed by atoms with Gasteiger partial charge in [-0.3, -0.25) is 4.79 Å². The minimum Gasteiger partial charge on any atom is -0.285 e. The van der Waals surface area contributed by atoms with Gasteiger partial charge in [-0.05, 0) is 24.2 Å². The van der Waals surface area contributed by atoms with Gasteiger partial charge in [-0.1, -0.05) is 39.7 Å². The third kappa shape index (κ3) is 4.28. The molecule has 0 aromatic heterocycles. The van der Waals surface area contributed by atoms with Crippen LogP contribution in [0.5, 0.6) is 0 Å². The van der Waals surface area contributed by atoms with Gasteiger partial charge in [-0.2, -0.15) is 0 Å². The maximum Gasteiger partial charge on any atom is 0.202 e. The minimum atomic E-state index is -0.0705. The normalized spacial score (nSPS) is 11.9. The summed E-state index contributed by atoms with van der Waals surface area (Å²) in [4.78, 5) is 10.8. The van der Waals surface area contributed by atoms with E-state index in [-0.39, 0.29) is 11.2 Å². The molecule has 0 radical (unpaired) electrons. The maximum atomic E-state index is 10.8. The Morgan fingerprint density at radius 2 is 1.86 bits per heavy atom. The number of carbonyl (C=O) groups is 1. The third-order valence-corrected chi connectivity index (χ3v) is 2.39. The van der Waals surface area contributed by atoms with Gasteiger partial charge >= 0.3 is 0 Å². The summed E-state index contributed by atoms with van der Waals surface area (Å²) in [6.07, 6.45) is 4.11. The van der Waals surface area contributed by atoms with E-state index in [1.54, 1.807) is 0 Å². The van der Waals surface area contributed by atoms with Gasteiger partial charge < -0.3 is 0 Å². The first-order chi connectivity index (χ1) is 6.44. The molecule has 0 saturated heterocycles. The number of rotatable bonds is 3. The topological polar surface area (TPSA) is 17.1 Å². The van der Waals surface area contributed by atoms with Crippen molar-refractivity contribution in [2.24, 2.45) is 5.41 Å². The summed E-state index contributed by atoms with van der Waals surface area (Å²) in [6.45, 7) is 10.0. The Bertz CT molecular complexity index is 284. The second-order valence-electron chi connectivity index (χ2n) is 4.07. The van der Waals surface area contributed by atoms with Gasteiger partial charge in [0.2, 0.25) is 5.78 Å². The second kappa shape index (κ2) is 5.65. The Labute approximate surface area is 87.6 Å². The third-order valence-electron chi connectivity index (χ3n) is 2.39. The molecule has 0 bridgehead atoms. The minimum absolute atomic E-state index is 0.0705. The highest BCUT2D eigenvalue weighted by Gasteiger charge is 2.18. The number of Topliss-reactive ketones (excluding diaryl/α,β-unsaturated/α-hetero) is 1. The quantitative estimate of drug-likeness (QED) is 0.495. The molecular formula is C13H20O. The smallest absolute Gasteiger partial charge is 0.202 e. The maximum absolute atomic E-state index is 10.8. The second-order valence-corrected chi connectivity index (χ2v) is 4.07. The van der Waals surface area contributed by atoms with Crippen LogP contribution >= 0.6 is 0 Å². The van der Waals surface area contributed by atoms with Crippen LogP contribution in [0, 0.1) is 17.3 Å². The van der Waals surface area contributed by atoms with Crippen molar-refractivity contribution in [3.8, 4) is 11.8 Å². The lowest BCUT2D eigenvalue weighted by Gasteiger charge is -2.22. The lowest BCUT2D eigenvalue weighted by Crippen LogP contribution is -2.12. The zero-order valence-electron chi connectivity index (χ0n) is 9.90. The van der Waals surface area contributed by atoms with Crippen molar-refractivity contribution in [1.29, 1.82) is 0 Å². The molecule has 0 N–H and O–H groups in total. The van der Waals surface area contributed by atoms with E-state index in [0.717, 1.165) is 18.4 Å². The van der Waals surface area contributed by atoms with Gasteiger partial charge in [0.1, 0.15) is 0 Å². The molecule has 0 aliphatic rings. The summed E-state index contributed by atoms with van der Waals surface area (Å²) >= 11 is 0. The summed E-state index contributed by atoms with van der Waals surface area (Å²) < 4.78 is 0. The highest BCUT2D eigenvalue weighted by molar-refractivity contribution is 5.93. The van der Waals surface area contributed by atoms with Crippen molar-refractivity contribution in [1.82, 2.24) is 0 Å². The molecule has 0 heterocycles. The molecule has 0 aromatic carbocycles. The molecule has 0 aliphatic carbocycles. The van der Waals surface area contributed by atoms with Crippen LogP contribution in [-0.4, -0.2) is 5.78 Å². The van der Waals surface area contributed by atoms with Crippen LogP contribution in [0.3, 0.4) is 0 Å². The first-order valence-electron chi connectivity index (χ1n) is 5.17. The molecule has 0 unspecified atom stereocenters.